The van der Waals surface area contributed by atoms with Crippen molar-refractivity contribution in [1.29, 1.82) is 0 Å². The highest BCUT2D eigenvalue weighted by atomic mass is 16.1. The molecule has 0 spiro atoms. The van der Waals surface area contributed by atoms with Crippen molar-refractivity contribution >= 4 is 17.0 Å². The van der Waals surface area contributed by atoms with Crippen LogP contribution in [0.2, 0.25) is 0 Å². The molecule has 2 aromatic heterocycles. The molecule has 22 heavy (non-hydrogen) atoms. The van der Waals surface area contributed by atoms with E-state index in [1.165, 1.54) is 32.1 Å². The first-order chi connectivity index (χ1) is 10.7. The molecule has 2 saturated heterocycles. The molecule has 2 atom stereocenters. The van der Waals surface area contributed by atoms with Gasteiger partial charge in [0.1, 0.15) is 5.39 Å². The summed E-state index contributed by atoms with van der Waals surface area (Å²) in [5.74, 6) is 3.29. The Morgan fingerprint density at radius 1 is 1.14 bits per heavy atom. The van der Waals surface area contributed by atoms with E-state index in [1.54, 1.807) is 10.9 Å². The number of hydrogen-bond acceptors (Lipinski definition) is 4. The summed E-state index contributed by atoms with van der Waals surface area (Å²) in [6.07, 6.45) is 8.27. The average molecular weight is 299 g/mol. The van der Waals surface area contributed by atoms with E-state index in [0.29, 0.717) is 17.1 Å². The van der Waals surface area contributed by atoms with E-state index in [4.69, 9.17) is 4.98 Å². The third-order valence-corrected chi connectivity index (χ3v) is 5.97. The highest BCUT2D eigenvalue weighted by Gasteiger charge is 2.43. The number of H-pyrrole nitrogens is 1. The van der Waals surface area contributed by atoms with Crippen LogP contribution in [-0.4, -0.2) is 32.3 Å². The zero-order chi connectivity index (χ0) is 14.8. The van der Waals surface area contributed by atoms with Crippen LogP contribution >= 0.6 is 0 Å². The first-order valence-electron chi connectivity index (χ1n) is 8.36. The maximum absolute atomic E-state index is 12.3. The molecule has 2 unspecified atom stereocenters. The Hall–Kier alpha value is -1.85. The van der Waals surface area contributed by atoms with Gasteiger partial charge in [-0.2, -0.15) is 10.1 Å². The molecule has 4 heterocycles. The van der Waals surface area contributed by atoms with Crippen LogP contribution in [0.4, 0.5) is 5.95 Å². The van der Waals surface area contributed by atoms with Crippen LogP contribution in [0.15, 0.2) is 11.0 Å². The summed E-state index contributed by atoms with van der Waals surface area (Å²) in [6.45, 7) is 1.05. The zero-order valence-electron chi connectivity index (χ0n) is 12.8. The number of aromatic nitrogens is 4. The van der Waals surface area contributed by atoms with Gasteiger partial charge in [-0.3, -0.25) is 14.5 Å². The van der Waals surface area contributed by atoms with Gasteiger partial charge in [0.25, 0.3) is 5.56 Å². The average Bonchev–Trinajstić information content (AvgIpc) is 2.74. The van der Waals surface area contributed by atoms with Gasteiger partial charge in [-0.25, -0.2) is 0 Å². The first-order valence-corrected chi connectivity index (χ1v) is 8.36. The molecule has 4 aliphatic rings. The monoisotopic (exact) mass is 299 g/mol. The lowest BCUT2D eigenvalue weighted by Gasteiger charge is -2.39. The number of fused-ring (bicyclic) bond motifs is 2. The summed E-state index contributed by atoms with van der Waals surface area (Å²) >= 11 is 0. The number of rotatable bonds is 1. The van der Waals surface area contributed by atoms with Crippen LogP contribution in [-0.2, 0) is 7.05 Å². The van der Waals surface area contributed by atoms with E-state index in [9.17, 15) is 4.79 Å². The molecule has 0 radical (unpaired) electrons. The lowest BCUT2D eigenvalue weighted by molar-refractivity contribution is 0.157. The summed E-state index contributed by atoms with van der Waals surface area (Å²) in [5, 5.41) is 4.74. The molecular weight excluding hydrogens is 278 g/mol. The summed E-state index contributed by atoms with van der Waals surface area (Å²) in [5.41, 5.74) is 0.611. The Kier molecular flexibility index (Phi) is 2.50. The molecular formula is C16H21N5O. The van der Waals surface area contributed by atoms with Crippen LogP contribution in [0, 0.1) is 17.8 Å². The number of hydrogen-bond donors (Lipinski definition) is 1. The van der Waals surface area contributed by atoms with Crippen LogP contribution in [0.5, 0.6) is 0 Å². The summed E-state index contributed by atoms with van der Waals surface area (Å²) in [4.78, 5) is 22.5. The van der Waals surface area contributed by atoms with Gasteiger partial charge in [-0.05, 0) is 49.9 Å². The van der Waals surface area contributed by atoms with Crippen LogP contribution in [0.3, 0.4) is 0 Å². The van der Waals surface area contributed by atoms with Gasteiger partial charge in [0.05, 0.1) is 6.20 Å². The third-order valence-electron chi connectivity index (χ3n) is 5.97. The van der Waals surface area contributed by atoms with Crippen molar-refractivity contribution in [3.05, 3.63) is 16.6 Å². The molecule has 1 N–H and O–H groups in total. The van der Waals surface area contributed by atoms with Crippen molar-refractivity contribution in [2.45, 2.75) is 38.1 Å². The van der Waals surface area contributed by atoms with Gasteiger partial charge in [-0.15, -0.1) is 0 Å². The summed E-state index contributed by atoms with van der Waals surface area (Å²) in [6, 6.07) is 0.546. The van der Waals surface area contributed by atoms with Crippen LogP contribution in [0.1, 0.15) is 32.1 Å². The van der Waals surface area contributed by atoms with Gasteiger partial charge in [0, 0.05) is 19.6 Å². The minimum atomic E-state index is -0.0722. The summed E-state index contributed by atoms with van der Waals surface area (Å²) in [7, 11) is 1.84. The second-order valence-electron chi connectivity index (χ2n) is 7.48. The van der Waals surface area contributed by atoms with E-state index in [0.717, 1.165) is 30.2 Å². The van der Waals surface area contributed by atoms with Crippen molar-refractivity contribution in [2.24, 2.45) is 24.8 Å². The third kappa shape index (κ3) is 1.76. The number of aromatic amines is 1. The molecule has 6 heteroatoms. The fourth-order valence-corrected chi connectivity index (χ4v) is 5.20. The second-order valence-corrected chi connectivity index (χ2v) is 7.48. The molecule has 2 aliphatic carbocycles. The fraction of sp³-hybridized carbons (Fsp3) is 0.688. The Labute approximate surface area is 128 Å². The molecule has 0 amide bonds. The molecule has 6 nitrogen and oxygen atoms in total. The van der Waals surface area contributed by atoms with Gasteiger partial charge < -0.3 is 4.90 Å². The van der Waals surface area contributed by atoms with E-state index in [1.807, 2.05) is 7.05 Å². The van der Waals surface area contributed by atoms with Gasteiger partial charge in [-0.1, -0.05) is 0 Å². The Morgan fingerprint density at radius 2 is 1.86 bits per heavy atom. The standard InChI is InChI=1S/C16H21N5O/c1-20-14-13(7-17-20)15(22)19-16(18-14)21-8-11-3-9-2-10(4-11)6-12(21)5-9/h7,9-12H,2-6,8H2,1H3,(H,18,19,22). The normalized spacial score (nSPS) is 33.6. The van der Waals surface area contributed by atoms with E-state index in [2.05, 4.69) is 15.0 Å². The van der Waals surface area contributed by atoms with Gasteiger partial charge >= 0.3 is 0 Å². The lowest BCUT2D eigenvalue weighted by atomic mass is 9.68. The molecule has 2 saturated carbocycles. The smallest absolute Gasteiger partial charge is 0.263 e. The molecule has 4 bridgehead atoms. The minimum absolute atomic E-state index is 0.0722. The van der Waals surface area contributed by atoms with Crippen molar-refractivity contribution in [3.8, 4) is 0 Å². The predicted octanol–water partition coefficient (Wildman–Crippen LogP) is 1.67. The van der Waals surface area contributed by atoms with Gasteiger partial charge in [0.2, 0.25) is 5.95 Å². The van der Waals surface area contributed by atoms with E-state index < -0.39 is 0 Å². The topological polar surface area (TPSA) is 66.8 Å². The maximum atomic E-state index is 12.3. The minimum Gasteiger partial charge on any atom is -0.339 e. The van der Waals surface area contributed by atoms with Crippen LogP contribution in [0.25, 0.3) is 11.0 Å². The van der Waals surface area contributed by atoms with Crippen LogP contribution < -0.4 is 10.5 Å². The largest absolute Gasteiger partial charge is 0.339 e. The highest BCUT2D eigenvalue weighted by Crippen LogP contribution is 2.47. The SMILES string of the molecule is Cn1ncc2c(=O)[nH]c(N3CC4CC5CC(C4)CC3C5)nc21. The molecule has 0 aromatic carbocycles. The molecule has 2 aromatic rings. The number of nitrogens with one attached hydrogen (secondary N) is 1. The fourth-order valence-electron chi connectivity index (χ4n) is 5.20. The highest BCUT2D eigenvalue weighted by molar-refractivity contribution is 5.74. The summed E-state index contributed by atoms with van der Waals surface area (Å²) < 4.78 is 1.69. The molecule has 6 rings (SSSR count). The number of aryl methyl sites for hydroxylation is 1. The Morgan fingerprint density at radius 3 is 2.64 bits per heavy atom. The Bertz CT molecular complexity index is 779. The van der Waals surface area contributed by atoms with Crippen molar-refractivity contribution < 1.29 is 0 Å². The van der Waals surface area contributed by atoms with Gasteiger partial charge in [0.15, 0.2) is 5.65 Å². The maximum Gasteiger partial charge on any atom is 0.263 e. The Balaban J connectivity index is 1.62. The second kappa shape index (κ2) is 4.33. The zero-order valence-corrected chi connectivity index (χ0v) is 12.8. The van der Waals surface area contributed by atoms with E-state index >= 15 is 0 Å². The molecule has 2 aliphatic heterocycles. The number of nitrogens with zero attached hydrogens (tertiary/aromatic N) is 4. The molecule has 4 fully saturated rings. The van der Waals surface area contributed by atoms with Crippen molar-refractivity contribution in [1.82, 2.24) is 19.7 Å². The van der Waals surface area contributed by atoms with Crippen molar-refractivity contribution in [3.63, 3.8) is 0 Å². The lowest BCUT2D eigenvalue weighted by Crippen LogP contribution is -2.40. The van der Waals surface area contributed by atoms with E-state index in [-0.39, 0.29) is 5.56 Å². The predicted molar refractivity (Wildman–Crippen MR) is 83.8 cm³/mol. The van der Waals surface area contributed by atoms with Crippen molar-refractivity contribution in [2.75, 3.05) is 11.4 Å². The molecule has 116 valence electrons. The first kappa shape index (κ1) is 12.7. The number of anilines is 1. The quantitative estimate of drug-likeness (QED) is 0.870.